The van der Waals surface area contributed by atoms with Crippen molar-refractivity contribution >= 4 is 28.7 Å². The van der Waals surface area contributed by atoms with Crippen LogP contribution in [0.25, 0.3) is 11.3 Å². The molecule has 0 unspecified atom stereocenters. The number of hydrogen-bond donors (Lipinski definition) is 1. The summed E-state index contributed by atoms with van der Waals surface area (Å²) in [7, 11) is 0. The molecule has 4 rings (SSSR count). The van der Waals surface area contributed by atoms with Gasteiger partial charge in [0.25, 0.3) is 5.91 Å². The van der Waals surface area contributed by atoms with Gasteiger partial charge in [-0.25, -0.2) is 4.98 Å². The number of anilines is 2. The van der Waals surface area contributed by atoms with Crippen molar-refractivity contribution in [2.45, 2.75) is 39.5 Å². The average Bonchev–Trinajstić information content (AvgIpc) is 2.92. The van der Waals surface area contributed by atoms with Crippen LogP contribution in [0.5, 0.6) is 0 Å². The van der Waals surface area contributed by atoms with E-state index in [1.807, 2.05) is 44.2 Å². The number of rotatable bonds is 4. The summed E-state index contributed by atoms with van der Waals surface area (Å²) >= 11 is 1.41. The van der Waals surface area contributed by atoms with Crippen LogP contribution in [0.2, 0.25) is 0 Å². The number of benzene rings is 1. The van der Waals surface area contributed by atoms with Crippen molar-refractivity contribution in [3.8, 4) is 11.3 Å². The maximum absolute atomic E-state index is 12.4. The molecule has 1 fully saturated rings. The van der Waals surface area contributed by atoms with Gasteiger partial charge in [0.2, 0.25) is 0 Å². The van der Waals surface area contributed by atoms with Crippen molar-refractivity contribution in [3.63, 3.8) is 0 Å². The zero-order valence-corrected chi connectivity index (χ0v) is 17.6. The normalized spacial score (nSPS) is 14.5. The summed E-state index contributed by atoms with van der Waals surface area (Å²) in [6.07, 6.45) is 5.04. The van der Waals surface area contributed by atoms with E-state index in [4.69, 9.17) is 0 Å². The maximum Gasteiger partial charge on any atom is 0.267 e. The molecule has 1 aliphatic heterocycles. The second-order valence-corrected chi connectivity index (χ2v) is 8.56. The molecule has 3 heterocycles. The summed E-state index contributed by atoms with van der Waals surface area (Å²) in [5, 5.41) is 12.7. The molecule has 0 bridgehead atoms. The predicted octanol–water partition coefficient (Wildman–Crippen LogP) is 4.85. The summed E-state index contributed by atoms with van der Waals surface area (Å²) in [5.41, 5.74) is 3.32. The standard InChI is InChI=1S/C22H25N5OS/c1-15-21(29-16(2)23-15)22(28)24-18-9-7-17(8-10-18)19-11-12-20(26-25-19)27-13-5-3-4-6-14-27/h7-12H,3-6,13-14H2,1-2H3,(H,24,28). The Kier molecular flexibility index (Phi) is 5.85. The highest BCUT2D eigenvalue weighted by molar-refractivity contribution is 7.13. The molecule has 1 N–H and O–H groups in total. The second kappa shape index (κ2) is 8.69. The lowest BCUT2D eigenvalue weighted by Crippen LogP contribution is -2.25. The van der Waals surface area contributed by atoms with E-state index >= 15 is 0 Å². The van der Waals surface area contributed by atoms with Gasteiger partial charge in [-0.3, -0.25) is 4.79 Å². The molecular formula is C22H25N5OS. The van der Waals surface area contributed by atoms with Crippen LogP contribution in [0.1, 0.15) is 46.1 Å². The van der Waals surface area contributed by atoms with Gasteiger partial charge in [0.1, 0.15) is 4.88 Å². The Morgan fingerprint density at radius 2 is 1.69 bits per heavy atom. The molecule has 1 aliphatic rings. The van der Waals surface area contributed by atoms with Gasteiger partial charge in [0.15, 0.2) is 5.82 Å². The number of carbonyl (C=O) groups excluding carboxylic acids is 1. The van der Waals surface area contributed by atoms with E-state index in [0.29, 0.717) is 4.88 Å². The molecule has 1 amide bonds. The Morgan fingerprint density at radius 3 is 2.28 bits per heavy atom. The smallest absolute Gasteiger partial charge is 0.267 e. The van der Waals surface area contributed by atoms with Crippen molar-refractivity contribution in [1.82, 2.24) is 15.2 Å². The van der Waals surface area contributed by atoms with Crippen molar-refractivity contribution in [3.05, 3.63) is 52.0 Å². The zero-order chi connectivity index (χ0) is 20.2. The third-order valence-corrected chi connectivity index (χ3v) is 6.20. The van der Waals surface area contributed by atoms with Crippen molar-refractivity contribution in [2.75, 3.05) is 23.3 Å². The van der Waals surface area contributed by atoms with Gasteiger partial charge in [-0.2, -0.15) is 0 Å². The topological polar surface area (TPSA) is 71.0 Å². The molecule has 0 radical (unpaired) electrons. The number of thiazole rings is 1. The number of nitrogens with zero attached hydrogens (tertiary/aromatic N) is 4. The monoisotopic (exact) mass is 407 g/mol. The summed E-state index contributed by atoms with van der Waals surface area (Å²) in [6, 6.07) is 11.8. The summed E-state index contributed by atoms with van der Waals surface area (Å²) in [5.74, 6) is 0.831. The third kappa shape index (κ3) is 4.62. The summed E-state index contributed by atoms with van der Waals surface area (Å²) < 4.78 is 0. The Bertz CT molecular complexity index is 973. The van der Waals surface area contributed by atoms with Crippen LogP contribution >= 0.6 is 11.3 Å². The van der Waals surface area contributed by atoms with Crippen LogP contribution in [-0.4, -0.2) is 34.2 Å². The highest BCUT2D eigenvalue weighted by atomic mass is 32.1. The molecule has 29 heavy (non-hydrogen) atoms. The fourth-order valence-electron chi connectivity index (χ4n) is 3.60. The average molecular weight is 408 g/mol. The van der Waals surface area contributed by atoms with Gasteiger partial charge in [-0.05, 0) is 51.0 Å². The lowest BCUT2D eigenvalue weighted by molar-refractivity contribution is 0.103. The lowest BCUT2D eigenvalue weighted by atomic mass is 10.1. The molecule has 0 aliphatic carbocycles. The van der Waals surface area contributed by atoms with Crippen LogP contribution in [-0.2, 0) is 0 Å². The molecule has 2 aromatic heterocycles. The number of nitrogens with one attached hydrogen (secondary N) is 1. The fraction of sp³-hybridized carbons (Fsp3) is 0.364. The largest absolute Gasteiger partial charge is 0.355 e. The van der Waals surface area contributed by atoms with Gasteiger partial charge < -0.3 is 10.2 Å². The summed E-state index contributed by atoms with van der Waals surface area (Å²) in [4.78, 5) is 19.7. The van der Waals surface area contributed by atoms with E-state index in [-0.39, 0.29) is 5.91 Å². The van der Waals surface area contributed by atoms with Crippen molar-refractivity contribution in [2.24, 2.45) is 0 Å². The van der Waals surface area contributed by atoms with Gasteiger partial charge >= 0.3 is 0 Å². The second-order valence-electron chi connectivity index (χ2n) is 7.36. The molecule has 7 heteroatoms. The molecule has 0 saturated carbocycles. The molecule has 0 spiro atoms. The Morgan fingerprint density at radius 1 is 0.966 bits per heavy atom. The molecule has 3 aromatic rings. The predicted molar refractivity (Wildman–Crippen MR) is 118 cm³/mol. The number of amides is 1. The van der Waals surface area contributed by atoms with Crippen LogP contribution < -0.4 is 10.2 Å². The number of carbonyl (C=O) groups is 1. The highest BCUT2D eigenvalue weighted by Gasteiger charge is 2.14. The quantitative estimate of drug-likeness (QED) is 0.669. The van der Waals surface area contributed by atoms with E-state index < -0.39 is 0 Å². The Labute approximate surface area is 175 Å². The van der Waals surface area contributed by atoms with Crippen LogP contribution in [0.3, 0.4) is 0 Å². The molecule has 0 atom stereocenters. The SMILES string of the molecule is Cc1nc(C)c(C(=O)Nc2ccc(-c3ccc(N4CCCCCC4)nn3)cc2)s1. The van der Waals surface area contributed by atoms with E-state index in [1.165, 1.54) is 37.0 Å². The zero-order valence-electron chi connectivity index (χ0n) is 16.8. The van der Waals surface area contributed by atoms with Crippen LogP contribution in [0.4, 0.5) is 11.5 Å². The van der Waals surface area contributed by atoms with Gasteiger partial charge in [0, 0.05) is 24.3 Å². The van der Waals surface area contributed by atoms with E-state index in [9.17, 15) is 4.79 Å². The summed E-state index contributed by atoms with van der Waals surface area (Å²) in [6.45, 7) is 5.88. The maximum atomic E-state index is 12.4. The van der Waals surface area contributed by atoms with Crippen molar-refractivity contribution in [1.29, 1.82) is 0 Å². The minimum atomic E-state index is -0.123. The third-order valence-electron chi connectivity index (χ3n) is 5.13. The molecule has 1 saturated heterocycles. The van der Waals surface area contributed by atoms with Crippen LogP contribution in [0, 0.1) is 13.8 Å². The lowest BCUT2D eigenvalue weighted by Gasteiger charge is -2.20. The molecule has 6 nitrogen and oxygen atoms in total. The van der Waals surface area contributed by atoms with E-state index in [2.05, 4.69) is 31.5 Å². The first kappa shape index (κ1) is 19.5. The number of aromatic nitrogens is 3. The molecular weight excluding hydrogens is 382 g/mol. The van der Waals surface area contributed by atoms with Crippen LogP contribution in [0.15, 0.2) is 36.4 Å². The Hall–Kier alpha value is -2.80. The first-order valence-corrected chi connectivity index (χ1v) is 10.9. The first-order chi connectivity index (χ1) is 14.1. The Balaban J connectivity index is 1.43. The number of hydrogen-bond acceptors (Lipinski definition) is 6. The molecule has 1 aromatic carbocycles. The van der Waals surface area contributed by atoms with Gasteiger partial charge in [0.05, 0.1) is 16.4 Å². The van der Waals surface area contributed by atoms with Gasteiger partial charge in [-0.1, -0.05) is 25.0 Å². The first-order valence-electron chi connectivity index (χ1n) is 10.0. The fourth-order valence-corrected chi connectivity index (χ4v) is 4.42. The number of aryl methyl sites for hydroxylation is 2. The van der Waals surface area contributed by atoms with E-state index in [1.54, 1.807) is 0 Å². The van der Waals surface area contributed by atoms with E-state index in [0.717, 1.165) is 46.6 Å². The minimum absolute atomic E-state index is 0.123. The minimum Gasteiger partial charge on any atom is -0.355 e. The van der Waals surface area contributed by atoms with Gasteiger partial charge in [-0.15, -0.1) is 21.5 Å². The highest BCUT2D eigenvalue weighted by Crippen LogP contribution is 2.23. The molecule has 150 valence electrons. The van der Waals surface area contributed by atoms with Crippen molar-refractivity contribution < 1.29 is 4.79 Å².